The van der Waals surface area contributed by atoms with E-state index in [4.69, 9.17) is 0 Å². The molecule has 1 aromatic rings. The largest absolute Gasteiger partial charge is 0.478 e. The number of amides is 3. The summed E-state index contributed by atoms with van der Waals surface area (Å²) in [5, 5.41) is 11.8. The standard InChI is InChI=1S/C14H16N2O4/c1-3-14(4-2)12(19)16(13(20)15-14)10-8-6-5-7-9(10)11(17)18/h5-8H,3-4H2,1-2H3,(H,15,20)(H,17,18). The van der Waals surface area contributed by atoms with Crippen molar-refractivity contribution < 1.29 is 19.5 Å². The average molecular weight is 276 g/mol. The highest BCUT2D eigenvalue weighted by Gasteiger charge is 2.50. The van der Waals surface area contributed by atoms with Crippen molar-refractivity contribution in [1.29, 1.82) is 0 Å². The second kappa shape index (κ2) is 4.96. The number of imide groups is 1. The van der Waals surface area contributed by atoms with Crippen molar-refractivity contribution in [1.82, 2.24) is 5.32 Å². The Hall–Kier alpha value is -2.37. The van der Waals surface area contributed by atoms with E-state index in [0.717, 1.165) is 4.90 Å². The number of nitrogens with zero attached hydrogens (tertiary/aromatic N) is 1. The SMILES string of the molecule is CCC1(CC)NC(=O)N(c2ccccc2C(=O)O)C1=O. The minimum absolute atomic E-state index is 0.0704. The van der Waals surface area contributed by atoms with Crippen LogP contribution in [0.15, 0.2) is 24.3 Å². The normalized spacial score (nSPS) is 17.2. The molecule has 2 N–H and O–H groups in total. The van der Waals surface area contributed by atoms with Crippen molar-refractivity contribution in [2.75, 3.05) is 4.90 Å². The third-order valence-electron chi connectivity index (χ3n) is 3.74. The van der Waals surface area contributed by atoms with Crippen molar-refractivity contribution in [2.45, 2.75) is 32.2 Å². The minimum atomic E-state index is -1.17. The van der Waals surface area contributed by atoms with Crippen LogP contribution < -0.4 is 10.2 Å². The number of hydrogen-bond donors (Lipinski definition) is 2. The van der Waals surface area contributed by atoms with E-state index in [2.05, 4.69) is 5.32 Å². The number of urea groups is 1. The zero-order valence-corrected chi connectivity index (χ0v) is 11.3. The van der Waals surface area contributed by atoms with E-state index in [-0.39, 0.29) is 11.3 Å². The molecule has 0 unspecified atom stereocenters. The fourth-order valence-electron chi connectivity index (χ4n) is 2.42. The topological polar surface area (TPSA) is 86.7 Å². The molecule has 0 spiro atoms. The molecule has 0 radical (unpaired) electrons. The van der Waals surface area contributed by atoms with Crippen LogP contribution in [0, 0.1) is 0 Å². The van der Waals surface area contributed by atoms with E-state index in [1.54, 1.807) is 12.1 Å². The van der Waals surface area contributed by atoms with Gasteiger partial charge in [-0.2, -0.15) is 0 Å². The summed E-state index contributed by atoms with van der Waals surface area (Å²) in [5.41, 5.74) is -0.909. The Labute approximate surface area is 116 Å². The molecule has 1 aromatic carbocycles. The van der Waals surface area contributed by atoms with E-state index in [1.165, 1.54) is 12.1 Å². The van der Waals surface area contributed by atoms with E-state index < -0.39 is 23.4 Å². The number of para-hydroxylation sites is 1. The van der Waals surface area contributed by atoms with E-state index in [9.17, 15) is 19.5 Å². The molecule has 1 saturated heterocycles. The molecule has 6 nitrogen and oxygen atoms in total. The number of carboxylic acid groups (broad SMARTS) is 1. The van der Waals surface area contributed by atoms with Gasteiger partial charge in [-0.05, 0) is 25.0 Å². The molecule has 2 rings (SSSR count). The monoisotopic (exact) mass is 276 g/mol. The second-order valence-corrected chi connectivity index (χ2v) is 4.68. The molecule has 0 aliphatic carbocycles. The van der Waals surface area contributed by atoms with Gasteiger partial charge in [0.15, 0.2) is 0 Å². The summed E-state index contributed by atoms with van der Waals surface area (Å²) >= 11 is 0. The number of carboxylic acids is 1. The lowest BCUT2D eigenvalue weighted by Crippen LogP contribution is -2.45. The molecule has 1 aliphatic rings. The molecule has 1 fully saturated rings. The Morgan fingerprint density at radius 1 is 1.25 bits per heavy atom. The molecule has 6 heteroatoms. The van der Waals surface area contributed by atoms with E-state index in [1.807, 2.05) is 13.8 Å². The molecule has 0 aromatic heterocycles. The van der Waals surface area contributed by atoms with Gasteiger partial charge >= 0.3 is 12.0 Å². The Bertz CT molecular complexity index is 578. The van der Waals surface area contributed by atoms with Gasteiger partial charge in [0.2, 0.25) is 0 Å². The van der Waals surface area contributed by atoms with E-state index >= 15 is 0 Å². The van der Waals surface area contributed by atoms with Gasteiger partial charge in [0.05, 0.1) is 11.3 Å². The van der Waals surface area contributed by atoms with E-state index in [0.29, 0.717) is 12.8 Å². The number of rotatable bonds is 4. The van der Waals surface area contributed by atoms with Crippen LogP contribution in [-0.4, -0.2) is 28.6 Å². The summed E-state index contributed by atoms with van der Waals surface area (Å²) in [6.07, 6.45) is 0.916. The van der Waals surface area contributed by atoms with Gasteiger partial charge in [-0.25, -0.2) is 14.5 Å². The fraction of sp³-hybridized carbons (Fsp3) is 0.357. The fourth-order valence-corrected chi connectivity index (χ4v) is 2.42. The quantitative estimate of drug-likeness (QED) is 0.823. The third kappa shape index (κ3) is 1.93. The number of anilines is 1. The molecule has 0 bridgehead atoms. The first-order valence-electron chi connectivity index (χ1n) is 6.46. The molecule has 1 heterocycles. The molecule has 0 saturated carbocycles. The summed E-state index contributed by atoms with van der Waals surface area (Å²) in [6, 6.07) is 5.41. The molecule has 0 atom stereocenters. The molecular formula is C14H16N2O4. The average Bonchev–Trinajstić information content (AvgIpc) is 2.70. The maximum Gasteiger partial charge on any atom is 0.337 e. The van der Waals surface area contributed by atoms with Crippen molar-refractivity contribution >= 4 is 23.6 Å². The lowest BCUT2D eigenvalue weighted by molar-refractivity contribution is -0.122. The van der Waals surface area contributed by atoms with Crippen LogP contribution in [0.2, 0.25) is 0 Å². The van der Waals surface area contributed by atoms with Crippen LogP contribution in [0.5, 0.6) is 0 Å². The van der Waals surface area contributed by atoms with Gasteiger partial charge in [-0.3, -0.25) is 4.79 Å². The number of hydrogen-bond acceptors (Lipinski definition) is 3. The Kier molecular flexibility index (Phi) is 3.48. The first-order chi connectivity index (χ1) is 9.46. The van der Waals surface area contributed by atoms with Gasteiger partial charge in [-0.1, -0.05) is 26.0 Å². The van der Waals surface area contributed by atoms with Gasteiger partial charge in [0, 0.05) is 0 Å². The van der Waals surface area contributed by atoms with Crippen molar-refractivity contribution in [2.24, 2.45) is 0 Å². The lowest BCUT2D eigenvalue weighted by Gasteiger charge is -2.23. The highest BCUT2D eigenvalue weighted by molar-refractivity contribution is 6.24. The van der Waals surface area contributed by atoms with Crippen LogP contribution in [0.3, 0.4) is 0 Å². The maximum atomic E-state index is 12.5. The highest BCUT2D eigenvalue weighted by Crippen LogP contribution is 2.31. The van der Waals surface area contributed by atoms with Gasteiger partial charge in [0.25, 0.3) is 5.91 Å². The number of benzene rings is 1. The molecular weight excluding hydrogens is 260 g/mol. The molecule has 3 amide bonds. The van der Waals surface area contributed by atoms with Crippen LogP contribution in [0.4, 0.5) is 10.5 Å². The third-order valence-corrected chi connectivity index (χ3v) is 3.74. The van der Waals surface area contributed by atoms with Crippen LogP contribution in [0.1, 0.15) is 37.0 Å². The predicted molar refractivity (Wildman–Crippen MR) is 72.7 cm³/mol. The smallest absolute Gasteiger partial charge is 0.337 e. The number of aromatic carboxylic acids is 1. The summed E-state index contributed by atoms with van der Waals surface area (Å²) in [4.78, 5) is 36.8. The summed E-state index contributed by atoms with van der Waals surface area (Å²) in [5.74, 6) is -1.58. The first-order valence-corrected chi connectivity index (χ1v) is 6.46. The van der Waals surface area contributed by atoms with Gasteiger partial charge in [0.1, 0.15) is 5.54 Å². The van der Waals surface area contributed by atoms with Gasteiger partial charge in [-0.15, -0.1) is 0 Å². The van der Waals surface area contributed by atoms with Crippen molar-refractivity contribution in [3.05, 3.63) is 29.8 Å². The van der Waals surface area contributed by atoms with Gasteiger partial charge < -0.3 is 10.4 Å². The zero-order valence-electron chi connectivity index (χ0n) is 11.3. The number of carbonyl (C=O) groups excluding carboxylic acids is 2. The number of carbonyl (C=O) groups is 3. The maximum absolute atomic E-state index is 12.5. The van der Waals surface area contributed by atoms with Crippen LogP contribution >= 0.6 is 0 Å². The zero-order chi connectivity index (χ0) is 14.9. The minimum Gasteiger partial charge on any atom is -0.478 e. The summed E-state index contributed by atoms with van der Waals surface area (Å²) in [6.45, 7) is 3.63. The van der Waals surface area contributed by atoms with Crippen LogP contribution in [0.25, 0.3) is 0 Å². The Balaban J connectivity index is 2.52. The number of nitrogens with one attached hydrogen (secondary N) is 1. The summed E-state index contributed by atoms with van der Waals surface area (Å²) < 4.78 is 0. The van der Waals surface area contributed by atoms with Crippen LogP contribution in [-0.2, 0) is 4.79 Å². The molecule has 106 valence electrons. The second-order valence-electron chi connectivity index (χ2n) is 4.68. The highest BCUT2D eigenvalue weighted by atomic mass is 16.4. The Morgan fingerprint density at radius 2 is 1.85 bits per heavy atom. The lowest BCUT2D eigenvalue weighted by atomic mass is 9.93. The van der Waals surface area contributed by atoms with Crippen molar-refractivity contribution in [3.8, 4) is 0 Å². The molecule has 1 aliphatic heterocycles. The Morgan fingerprint density at radius 3 is 2.35 bits per heavy atom. The molecule has 20 heavy (non-hydrogen) atoms. The first kappa shape index (κ1) is 14.0. The summed E-state index contributed by atoms with van der Waals surface area (Å²) in [7, 11) is 0. The predicted octanol–water partition coefficient (Wildman–Crippen LogP) is 2.00. The van der Waals surface area contributed by atoms with Crippen molar-refractivity contribution in [3.63, 3.8) is 0 Å².